The minimum atomic E-state index is -0.854. The molecule has 2 rings (SSSR count). The van der Waals surface area contributed by atoms with Gasteiger partial charge in [-0.3, -0.25) is 0 Å². The molecule has 21 heavy (non-hydrogen) atoms. The summed E-state index contributed by atoms with van der Waals surface area (Å²) in [5.74, 6) is -1.79. The number of carbonyl (C=O) groups excluding carboxylic acids is 1. The Bertz CT molecular complexity index is 640. The van der Waals surface area contributed by atoms with Crippen LogP contribution >= 0.6 is 0 Å². The van der Waals surface area contributed by atoms with Gasteiger partial charge < -0.3 is 15.2 Å². The van der Waals surface area contributed by atoms with Crippen LogP contribution in [0.4, 0.5) is 10.1 Å². The van der Waals surface area contributed by atoms with E-state index in [1.54, 1.807) is 0 Å². The second-order valence-corrected chi connectivity index (χ2v) is 4.68. The number of nitrogens with one attached hydrogen (secondary N) is 1. The number of rotatable bonds is 4. The molecule has 5 heteroatoms. The number of phenols is 1. The Kier molecular flexibility index (Phi) is 4.42. The molecule has 0 amide bonds. The minimum absolute atomic E-state index is 0.373. The summed E-state index contributed by atoms with van der Waals surface area (Å²) in [6, 6.07) is 10.4. The fourth-order valence-corrected chi connectivity index (χ4v) is 1.92. The number of ether oxygens (including phenoxy) is 1. The molecule has 0 aromatic heterocycles. The number of methoxy groups -OCH3 is 1. The molecule has 4 nitrogen and oxygen atoms in total. The summed E-state index contributed by atoms with van der Waals surface area (Å²) in [5.41, 5.74) is 2.17. The average molecular weight is 289 g/mol. The average Bonchev–Trinajstić information content (AvgIpc) is 2.49. The Hall–Kier alpha value is -2.56. The van der Waals surface area contributed by atoms with E-state index in [9.17, 15) is 14.3 Å². The predicted octanol–water partition coefficient (Wildman–Crippen LogP) is 3.17. The van der Waals surface area contributed by atoms with Crippen LogP contribution in [0, 0.1) is 12.7 Å². The smallest absolute Gasteiger partial charge is 0.332 e. The van der Waals surface area contributed by atoms with Gasteiger partial charge in [0, 0.05) is 5.69 Å². The summed E-state index contributed by atoms with van der Waals surface area (Å²) in [6.07, 6.45) is 0. The van der Waals surface area contributed by atoms with E-state index >= 15 is 0 Å². The summed E-state index contributed by atoms with van der Waals surface area (Å²) in [6.45, 7) is 1.96. The van der Waals surface area contributed by atoms with Gasteiger partial charge in [0.25, 0.3) is 0 Å². The summed E-state index contributed by atoms with van der Waals surface area (Å²) in [4.78, 5) is 11.9. The first kappa shape index (κ1) is 14.8. The molecule has 0 fully saturated rings. The van der Waals surface area contributed by atoms with Gasteiger partial charge >= 0.3 is 5.97 Å². The van der Waals surface area contributed by atoms with E-state index in [1.807, 2.05) is 31.2 Å². The number of anilines is 1. The van der Waals surface area contributed by atoms with Crippen LogP contribution in [0.3, 0.4) is 0 Å². The van der Waals surface area contributed by atoms with Crippen molar-refractivity contribution in [3.63, 3.8) is 0 Å². The highest BCUT2D eigenvalue weighted by atomic mass is 19.1. The van der Waals surface area contributed by atoms with Crippen molar-refractivity contribution in [3.8, 4) is 5.75 Å². The van der Waals surface area contributed by atoms with Gasteiger partial charge in [-0.1, -0.05) is 23.8 Å². The first-order valence-corrected chi connectivity index (χ1v) is 6.40. The van der Waals surface area contributed by atoms with Crippen molar-refractivity contribution in [2.45, 2.75) is 13.0 Å². The lowest BCUT2D eigenvalue weighted by Crippen LogP contribution is -2.22. The zero-order chi connectivity index (χ0) is 15.4. The topological polar surface area (TPSA) is 58.6 Å². The lowest BCUT2D eigenvalue weighted by molar-refractivity contribution is -0.141. The number of aromatic hydroxyl groups is 1. The Morgan fingerprint density at radius 3 is 2.48 bits per heavy atom. The molecular weight excluding hydrogens is 273 g/mol. The van der Waals surface area contributed by atoms with E-state index in [4.69, 9.17) is 4.74 Å². The molecule has 1 unspecified atom stereocenters. The standard InChI is InChI=1S/C16H16FNO3/c1-10-3-6-12(7-4-10)18-15(16(20)21-2)11-5-8-14(19)13(17)9-11/h3-9,15,18-19H,1-2H3. The quantitative estimate of drug-likeness (QED) is 0.849. The highest BCUT2D eigenvalue weighted by Crippen LogP contribution is 2.25. The molecule has 0 heterocycles. The van der Waals surface area contributed by atoms with Crippen LogP contribution < -0.4 is 5.32 Å². The normalized spacial score (nSPS) is 11.8. The summed E-state index contributed by atoms with van der Waals surface area (Å²) in [5, 5.41) is 12.2. The Morgan fingerprint density at radius 1 is 1.24 bits per heavy atom. The molecule has 0 bridgehead atoms. The van der Waals surface area contributed by atoms with Crippen molar-refractivity contribution in [1.29, 1.82) is 0 Å². The highest BCUT2D eigenvalue weighted by molar-refractivity contribution is 5.81. The van der Waals surface area contributed by atoms with Crippen LogP contribution in [0.1, 0.15) is 17.2 Å². The number of hydrogen-bond donors (Lipinski definition) is 2. The number of halogens is 1. The number of carbonyl (C=O) groups is 1. The van der Waals surface area contributed by atoms with E-state index in [0.29, 0.717) is 11.3 Å². The van der Waals surface area contributed by atoms with Crippen LogP contribution in [-0.2, 0) is 9.53 Å². The molecule has 110 valence electrons. The summed E-state index contributed by atoms with van der Waals surface area (Å²) < 4.78 is 18.2. The third kappa shape index (κ3) is 3.51. The molecule has 2 aromatic rings. The molecule has 0 aliphatic carbocycles. The van der Waals surface area contributed by atoms with Gasteiger partial charge in [-0.2, -0.15) is 0 Å². The van der Waals surface area contributed by atoms with Crippen molar-refractivity contribution >= 4 is 11.7 Å². The number of benzene rings is 2. The van der Waals surface area contributed by atoms with E-state index in [-0.39, 0.29) is 0 Å². The van der Waals surface area contributed by atoms with Gasteiger partial charge in [0.05, 0.1) is 7.11 Å². The van der Waals surface area contributed by atoms with Gasteiger partial charge in [0.2, 0.25) is 0 Å². The molecule has 2 aromatic carbocycles. The van der Waals surface area contributed by atoms with Crippen LogP contribution in [0.15, 0.2) is 42.5 Å². The third-order valence-corrected chi connectivity index (χ3v) is 3.10. The van der Waals surface area contributed by atoms with E-state index in [1.165, 1.54) is 19.2 Å². The van der Waals surface area contributed by atoms with Crippen molar-refractivity contribution in [2.75, 3.05) is 12.4 Å². The molecule has 0 saturated carbocycles. The summed E-state index contributed by atoms with van der Waals surface area (Å²) in [7, 11) is 1.27. The maximum Gasteiger partial charge on any atom is 0.332 e. The van der Waals surface area contributed by atoms with E-state index in [0.717, 1.165) is 11.6 Å². The lowest BCUT2D eigenvalue weighted by Gasteiger charge is -2.18. The van der Waals surface area contributed by atoms with Gasteiger partial charge in [-0.05, 0) is 36.8 Å². The molecule has 0 radical (unpaired) electrons. The van der Waals surface area contributed by atoms with Gasteiger partial charge in [-0.15, -0.1) is 0 Å². The molecule has 0 spiro atoms. The first-order valence-electron chi connectivity index (χ1n) is 6.40. The number of esters is 1. The highest BCUT2D eigenvalue weighted by Gasteiger charge is 2.22. The molecule has 1 atom stereocenters. The predicted molar refractivity (Wildman–Crippen MR) is 77.6 cm³/mol. The van der Waals surface area contributed by atoms with Gasteiger partial charge in [-0.25, -0.2) is 9.18 Å². The van der Waals surface area contributed by atoms with Crippen LogP contribution in [-0.4, -0.2) is 18.2 Å². The third-order valence-electron chi connectivity index (χ3n) is 3.10. The van der Waals surface area contributed by atoms with E-state index < -0.39 is 23.6 Å². The fraction of sp³-hybridized carbons (Fsp3) is 0.188. The van der Waals surface area contributed by atoms with Crippen LogP contribution in [0.2, 0.25) is 0 Å². The maximum atomic E-state index is 13.5. The Labute approximate surface area is 122 Å². The number of hydrogen-bond acceptors (Lipinski definition) is 4. The number of phenolic OH excluding ortho intramolecular Hbond substituents is 1. The largest absolute Gasteiger partial charge is 0.505 e. The Morgan fingerprint density at radius 2 is 1.90 bits per heavy atom. The second kappa shape index (κ2) is 6.26. The number of aryl methyl sites for hydroxylation is 1. The zero-order valence-corrected chi connectivity index (χ0v) is 11.8. The van der Waals surface area contributed by atoms with Crippen molar-refractivity contribution in [1.82, 2.24) is 0 Å². The minimum Gasteiger partial charge on any atom is -0.505 e. The molecule has 0 aliphatic heterocycles. The van der Waals surface area contributed by atoms with E-state index in [2.05, 4.69) is 5.32 Å². The Balaban J connectivity index is 2.31. The maximum absolute atomic E-state index is 13.5. The second-order valence-electron chi connectivity index (χ2n) is 4.68. The monoisotopic (exact) mass is 289 g/mol. The van der Waals surface area contributed by atoms with Crippen molar-refractivity contribution in [2.24, 2.45) is 0 Å². The SMILES string of the molecule is COC(=O)C(Nc1ccc(C)cc1)c1ccc(O)c(F)c1. The summed E-state index contributed by atoms with van der Waals surface area (Å²) >= 11 is 0. The van der Waals surface area contributed by atoms with Crippen LogP contribution in [0.5, 0.6) is 5.75 Å². The van der Waals surface area contributed by atoms with Gasteiger partial charge in [0.15, 0.2) is 17.6 Å². The molecule has 0 aliphatic rings. The zero-order valence-electron chi connectivity index (χ0n) is 11.8. The van der Waals surface area contributed by atoms with Gasteiger partial charge in [0.1, 0.15) is 0 Å². The molecular formula is C16H16FNO3. The van der Waals surface area contributed by atoms with Crippen LogP contribution in [0.25, 0.3) is 0 Å². The van der Waals surface area contributed by atoms with Crippen molar-refractivity contribution < 1.29 is 19.0 Å². The lowest BCUT2D eigenvalue weighted by atomic mass is 10.1. The van der Waals surface area contributed by atoms with Crippen molar-refractivity contribution in [3.05, 3.63) is 59.4 Å². The fourth-order valence-electron chi connectivity index (χ4n) is 1.92. The first-order chi connectivity index (χ1) is 10.0. The molecule has 0 saturated heterocycles. The molecule has 2 N–H and O–H groups in total.